The number of urea groups is 1. The smallest absolute Gasteiger partial charge is 0.290 e. The number of aromatic nitrogens is 2. The number of nitrogens with zero attached hydrogens (tertiary/aromatic N) is 3. The van der Waals surface area contributed by atoms with Crippen molar-refractivity contribution in [3.05, 3.63) is 39.9 Å². The number of amides is 3. The molecule has 3 heterocycles. The first-order chi connectivity index (χ1) is 9.08. The lowest BCUT2D eigenvalue weighted by molar-refractivity contribution is -0.117. The van der Waals surface area contributed by atoms with E-state index in [9.17, 15) is 14.4 Å². The Kier molecular flexibility index (Phi) is 2.49. The van der Waals surface area contributed by atoms with Crippen LogP contribution < -0.4 is 15.8 Å². The van der Waals surface area contributed by atoms with Crippen LogP contribution >= 0.6 is 11.6 Å². The number of hydrogen-bond acceptors (Lipinski definition) is 4. The Hall–Kier alpha value is -2.41. The van der Waals surface area contributed by atoms with Crippen LogP contribution in [0.15, 0.2) is 29.2 Å². The Morgan fingerprint density at radius 3 is 2.74 bits per heavy atom. The molecule has 0 aliphatic carbocycles. The number of imide groups is 1. The van der Waals surface area contributed by atoms with Crippen LogP contribution in [0.4, 0.5) is 10.5 Å². The fourth-order valence-electron chi connectivity index (χ4n) is 1.90. The lowest BCUT2D eigenvalue weighted by atomic mass is 10.4. The van der Waals surface area contributed by atoms with Gasteiger partial charge in [-0.25, -0.2) is 4.79 Å². The second-order valence-electron chi connectivity index (χ2n) is 3.92. The number of carbonyl (C=O) groups excluding carboxylic acids is 2. The molecule has 19 heavy (non-hydrogen) atoms. The van der Waals surface area contributed by atoms with Crippen molar-refractivity contribution in [1.29, 1.82) is 0 Å². The molecule has 1 fully saturated rings. The molecule has 0 atom stereocenters. The SMILES string of the molecule is O=C1CN(c2c(Cl)n3ccccc3nc2=O)C(=O)N1. The molecule has 1 aliphatic heterocycles. The van der Waals surface area contributed by atoms with E-state index in [1.165, 1.54) is 4.40 Å². The predicted octanol–water partition coefficient (Wildman–Crippen LogP) is 0.404. The second-order valence-corrected chi connectivity index (χ2v) is 4.28. The molecule has 8 heteroatoms. The lowest BCUT2D eigenvalue weighted by Crippen LogP contribution is -2.33. The first-order valence-corrected chi connectivity index (χ1v) is 5.74. The van der Waals surface area contributed by atoms with Crippen LogP contribution in [0.5, 0.6) is 0 Å². The van der Waals surface area contributed by atoms with Crippen molar-refractivity contribution in [2.45, 2.75) is 0 Å². The largest absolute Gasteiger partial charge is 0.329 e. The highest BCUT2D eigenvalue weighted by molar-refractivity contribution is 6.33. The van der Waals surface area contributed by atoms with Crippen molar-refractivity contribution in [3.8, 4) is 0 Å². The summed E-state index contributed by atoms with van der Waals surface area (Å²) in [5.74, 6) is -0.487. The maximum absolute atomic E-state index is 12.0. The Morgan fingerprint density at radius 1 is 1.26 bits per heavy atom. The average molecular weight is 279 g/mol. The van der Waals surface area contributed by atoms with E-state index in [4.69, 9.17) is 11.6 Å². The molecule has 3 amide bonds. The van der Waals surface area contributed by atoms with Gasteiger partial charge in [-0.1, -0.05) is 17.7 Å². The van der Waals surface area contributed by atoms with Gasteiger partial charge in [0, 0.05) is 6.20 Å². The third-order valence-corrected chi connectivity index (χ3v) is 3.09. The maximum atomic E-state index is 12.0. The number of rotatable bonds is 1. The monoisotopic (exact) mass is 278 g/mol. The number of halogens is 1. The summed E-state index contributed by atoms with van der Waals surface area (Å²) >= 11 is 6.13. The number of anilines is 1. The summed E-state index contributed by atoms with van der Waals surface area (Å²) in [6.45, 7) is -0.242. The van der Waals surface area contributed by atoms with Gasteiger partial charge in [-0.15, -0.1) is 0 Å². The molecule has 2 aromatic rings. The van der Waals surface area contributed by atoms with Crippen LogP contribution in [-0.4, -0.2) is 27.9 Å². The van der Waals surface area contributed by atoms with Gasteiger partial charge in [0.05, 0.1) is 0 Å². The molecular weight excluding hydrogens is 272 g/mol. The summed E-state index contributed by atoms with van der Waals surface area (Å²) in [7, 11) is 0. The van der Waals surface area contributed by atoms with E-state index < -0.39 is 17.5 Å². The van der Waals surface area contributed by atoms with Gasteiger partial charge in [0.15, 0.2) is 0 Å². The molecule has 2 aromatic heterocycles. The molecular formula is C11H7ClN4O3. The van der Waals surface area contributed by atoms with Crippen LogP contribution in [0.2, 0.25) is 5.15 Å². The van der Waals surface area contributed by atoms with Crippen LogP contribution in [0.3, 0.4) is 0 Å². The number of hydrogen-bond donors (Lipinski definition) is 1. The zero-order chi connectivity index (χ0) is 13.6. The van der Waals surface area contributed by atoms with Crippen LogP contribution in [-0.2, 0) is 4.79 Å². The normalized spacial score (nSPS) is 15.1. The van der Waals surface area contributed by atoms with E-state index in [0.717, 1.165) is 4.90 Å². The van der Waals surface area contributed by atoms with Crippen molar-refractivity contribution < 1.29 is 9.59 Å². The minimum absolute atomic E-state index is 0.0421. The zero-order valence-corrected chi connectivity index (χ0v) is 10.2. The summed E-state index contributed by atoms with van der Waals surface area (Å²) in [4.78, 5) is 39.5. The van der Waals surface area contributed by atoms with E-state index in [0.29, 0.717) is 5.65 Å². The molecule has 1 saturated heterocycles. The first-order valence-electron chi connectivity index (χ1n) is 5.36. The molecule has 0 unspecified atom stereocenters. The van der Waals surface area contributed by atoms with Gasteiger partial charge >= 0.3 is 6.03 Å². The quantitative estimate of drug-likeness (QED) is 0.605. The van der Waals surface area contributed by atoms with Gasteiger partial charge < -0.3 is 0 Å². The van der Waals surface area contributed by atoms with Gasteiger partial charge in [0.1, 0.15) is 23.0 Å². The Bertz CT molecular complexity index is 770. The summed E-state index contributed by atoms with van der Waals surface area (Å²) < 4.78 is 1.47. The molecule has 0 spiro atoms. The highest BCUT2D eigenvalue weighted by Crippen LogP contribution is 2.23. The van der Waals surface area contributed by atoms with E-state index >= 15 is 0 Å². The van der Waals surface area contributed by atoms with Crippen LogP contribution in [0.25, 0.3) is 5.65 Å². The Labute approximate surface area is 111 Å². The molecule has 96 valence electrons. The number of pyridine rings is 1. The molecule has 3 rings (SSSR count). The number of carbonyl (C=O) groups is 2. The van der Waals surface area contributed by atoms with Gasteiger partial charge in [0.2, 0.25) is 5.91 Å². The maximum Gasteiger partial charge on any atom is 0.329 e. The minimum Gasteiger partial charge on any atom is -0.290 e. The predicted molar refractivity (Wildman–Crippen MR) is 67.4 cm³/mol. The second kappa shape index (κ2) is 4.06. The number of fused-ring (bicyclic) bond motifs is 1. The van der Waals surface area contributed by atoms with Crippen molar-refractivity contribution in [3.63, 3.8) is 0 Å². The molecule has 1 aliphatic rings. The van der Waals surface area contributed by atoms with Crippen LogP contribution in [0, 0.1) is 0 Å². The molecule has 7 nitrogen and oxygen atoms in total. The summed E-state index contributed by atoms with van der Waals surface area (Å²) in [6.07, 6.45) is 1.61. The van der Waals surface area contributed by atoms with Gasteiger partial charge in [-0.05, 0) is 12.1 Å². The molecule has 0 aromatic carbocycles. The third kappa shape index (κ3) is 1.75. The lowest BCUT2D eigenvalue weighted by Gasteiger charge is -2.15. The summed E-state index contributed by atoms with van der Waals surface area (Å²) in [5, 5.41) is 2.12. The summed E-state index contributed by atoms with van der Waals surface area (Å²) in [5.41, 5.74) is -0.387. The van der Waals surface area contributed by atoms with E-state index in [1.54, 1.807) is 24.4 Å². The third-order valence-electron chi connectivity index (χ3n) is 2.73. The van der Waals surface area contributed by atoms with E-state index in [-0.39, 0.29) is 17.4 Å². The zero-order valence-electron chi connectivity index (χ0n) is 9.46. The van der Waals surface area contributed by atoms with Gasteiger partial charge in [0.25, 0.3) is 5.56 Å². The minimum atomic E-state index is -0.679. The van der Waals surface area contributed by atoms with E-state index in [1.807, 2.05) is 0 Å². The summed E-state index contributed by atoms with van der Waals surface area (Å²) in [6, 6.07) is 4.36. The van der Waals surface area contributed by atoms with Crippen molar-refractivity contribution in [2.24, 2.45) is 0 Å². The first kappa shape index (κ1) is 11.7. The van der Waals surface area contributed by atoms with Crippen molar-refractivity contribution >= 4 is 34.9 Å². The highest BCUT2D eigenvalue weighted by Gasteiger charge is 2.32. The number of nitrogens with one attached hydrogen (secondary N) is 1. The van der Waals surface area contributed by atoms with Crippen molar-refractivity contribution in [2.75, 3.05) is 11.4 Å². The molecule has 1 N–H and O–H groups in total. The van der Waals surface area contributed by atoms with Crippen LogP contribution in [0.1, 0.15) is 0 Å². The standard InChI is InChI=1S/C11H7ClN4O3/c12-9-8(16-5-7(17)14-11(16)19)10(18)13-6-3-1-2-4-15(6)9/h1-4H,5H2,(H,14,17,19). The average Bonchev–Trinajstić information content (AvgIpc) is 2.68. The topological polar surface area (TPSA) is 83.8 Å². The Balaban J connectivity index is 2.27. The molecule has 0 saturated carbocycles. The Morgan fingerprint density at radius 2 is 2.05 bits per heavy atom. The molecule has 0 bridgehead atoms. The fourth-order valence-corrected chi connectivity index (χ4v) is 2.23. The fraction of sp³-hybridized carbons (Fsp3) is 0.0909. The van der Waals surface area contributed by atoms with Gasteiger partial charge in [-0.3, -0.25) is 24.2 Å². The van der Waals surface area contributed by atoms with E-state index in [2.05, 4.69) is 10.3 Å². The highest BCUT2D eigenvalue weighted by atomic mass is 35.5. The van der Waals surface area contributed by atoms with Gasteiger partial charge in [-0.2, -0.15) is 4.98 Å². The van der Waals surface area contributed by atoms with Crippen molar-refractivity contribution in [1.82, 2.24) is 14.7 Å². The molecule has 0 radical (unpaired) electrons.